The van der Waals surface area contributed by atoms with E-state index >= 15 is 0 Å². The maximum absolute atomic E-state index is 11.6. The van der Waals surface area contributed by atoms with Gasteiger partial charge in [-0.3, -0.25) is 4.79 Å². The van der Waals surface area contributed by atoms with E-state index in [9.17, 15) is 13.2 Å². The molecule has 0 aliphatic carbocycles. The second kappa shape index (κ2) is 6.88. The smallest absolute Gasteiger partial charge is 0.248 e. The molecule has 1 amide bonds. The Balaban J connectivity index is 3.06. The van der Waals surface area contributed by atoms with Crippen LogP contribution in [0.3, 0.4) is 0 Å². The van der Waals surface area contributed by atoms with E-state index in [2.05, 4.69) is 5.32 Å². The minimum Gasteiger partial charge on any atom is -0.495 e. The van der Waals surface area contributed by atoms with Gasteiger partial charge in [-0.05, 0) is 25.1 Å². The molecule has 20 heavy (non-hydrogen) atoms. The van der Waals surface area contributed by atoms with Crippen molar-refractivity contribution in [3.63, 3.8) is 0 Å². The van der Waals surface area contributed by atoms with Crippen molar-refractivity contribution in [3.05, 3.63) is 42.5 Å². The fourth-order valence-electron chi connectivity index (χ4n) is 1.39. The number of nitrogens with two attached hydrogens (primary N) is 1. The number of hydrogen-bond acceptors (Lipinski definition) is 4. The third-order valence-corrected chi connectivity index (χ3v) is 3.22. The Morgan fingerprint density at radius 2 is 2.05 bits per heavy atom. The van der Waals surface area contributed by atoms with Crippen molar-refractivity contribution in [3.8, 4) is 5.75 Å². The molecule has 0 fully saturated rings. The molecule has 0 aliphatic heterocycles. The molecular formula is C13H16N2O4S. The number of ether oxygens (including phenoxy) is 1. The van der Waals surface area contributed by atoms with E-state index in [4.69, 9.17) is 9.88 Å². The van der Waals surface area contributed by atoms with E-state index in [1.807, 2.05) is 6.92 Å². The Labute approximate surface area is 118 Å². The van der Waals surface area contributed by atoms with Crippen molar-refractivity contribution in [1.29, 1.82) is 0 Å². The SMILES string of the molecule is C/C=C/C=C\C(=O)Nc1cc(S(N)(=O)=O)ccc1OC. The van der Waals surface area contributed by atoms with E-state index in [0.717, 1.165) is 0 Å². The molecule has 6 nitrogen and oxygen atoms in total. The van der Waals surface area contributed by atoms with Crippen molar-refractivity contribution in [2.45, 2.75) is 11.8 Å². The number of nitrogens with one attached hydrogen (secondary N) is 1. The largest absolute Gasteiger partial charge is 0.495 e. The number of allylic oxidation sites excluding steroid dienone is 3. The number of carbonyl (C=O) groups excluding carboxylic acids is 1. The van der Waals surface area contributed by atoms with Crippen LogP contribution in [-0.4, -0.2) is 21.4 Å². The highest BCUT2D eigenvalue weighted by Crippen LogP contribution is 2.26. The number of methoxy groups -OCH3 is 1. The molecule has 1 aromatic carbocycles. The van der Waals surface area contributed by atoms with Gasteiger partial charge >= 0.3 is 0 Å². The Kier molecular flexibility index (Phi) is 5.48. The number of carbonyl (C=O) groups is 1. The third kappa shape index (κ3) is 4.52. The molecule has 1 rings (SSSR count). The van der Waals surface area contributed by atoms with Gasteiger partial charge in [0.15, 0.2) is 0 Å². The van der Waals surface area contributed by atoms with Crippen LogP contribution in [0.5, 0.6) is 5.75 Å². The molecule has 1 aromatic rings. The predicted octanol–water partition coefficient (Wildman–Crippen LogP) is 1.41. The van der Waals surface area contributed by atoms with Crippen molar-refractivity contribution in [2.75, 3.05) is 12.4 Å². The summed E-state index contributed by atoms with van der Waals surface area (Å²) in [5.41, 5.74) is 0.231. The third-order valence-electron chi connectivity index (χ3n) is 2.31. The van der Waals surface area contributed by atoms with Crippen LogP contribution in [0.2, 0.25) is 0 Å². The number of amides is 1. The van der Waals surface area contributed by atoms with E-state index in [-0.39, 0.29) is 10.6 Å². The number of primary sulfonamides is 1. The molecule has 0 heterocycles. The summed E-state index contributed by atoms with van der Waals surface area (Å²) >= 11 is 0. The van der Waals surface area contributed by atoms with E-state index in [0.29, 0.717) is 5.75 Å². The quantitative estimate of drug-likeness (QED) is 0.634. The van der Waals surface area contributed by atoms with Crippen LogP contribution in [0.1, 0.15) is 6.92 Å². The fraction of sp³-hybridized carbons (Fsp3) is 0.154. The standard InChI is InChI=1S/C13H16N2O4S/c1-3-4-5-6-13(16)15-11-9-10(20(14,17)18)7-8-12(11)19-2/h3-9H,1-2H3,(H,15,16)(H2,14,17,18)/b4-3+,6-5-. The summed E-state index contributed by atoms with van der Waals surface area (Å²) in [6.45, 7) is 1.82. The first-order chi connectivity index (χ1) is 9.38. The summed E-state index contributed by atoms with van der Waals surface area (Å²) in [6, 6.07) is 3.97. The molecule has 7 heteroatoms. The summed E-state index contributed by atoms with van der Waals surface area (Å²) in [6.07, 6.45) is 6.33. The van der Waals surface area contributed by atoms with Gasteiger partial charge in [0, 0.05) is 6.08 Å². The molecule has 0 atom stereocenters. The minimum absolute atomic E-state index is 0.106. The molecule has 0 bridgehead atoms. The zero-order valence-electron chi connectivity index (χ0n) is 11.2. The lowest BCUT2D eigenvalue weighted by Gasteiger charge is -2.10. The van der Waals surface area contributed by atoms with Gasteiger partial charge in [-0.2, -0.15) is 0 Å². The van der Waals surface area contributed by atoms with Crippen LogP contribution in [0, 0.1) is 0 Å². The molecular weight excluding hydrogens is 280 g/mol. The molecule has 0 unspecified atom stereocenters. The summed E-state index contributed by atoms with van der Waals surface area (Å²) < 4.78 is 27.6. The average molecular weight is 296 g/mol. The van der Waals surface area contributed by atoms with Crippen LogP contribution < -0.4 is 15.2 Å². The topological polar surface area (TPSA) is 98.5 Å². The molecule has 0 saturated heterocycles. The minimum atomic E-state index is -3.84. The number of benzene rings is 1. The van der Waals surface area contributed by atoms with Crippen LogP contribution >= 0.6 is 0 Å². The lowest BCUT2D eigenvalue weighted by molar-refractivity contribution is -0.111. The number of rotatable bonds is 5. The van der Waals surface area contributed by atoms with E-state index in [1.165, 1.54) is 31.4 Å². The van der Waals surface area contributed by atoms with Crippen molar-refractivity contribution in [1.82, 2.24) is 0 Å². The fourth-order valence-corrected chi connectivity index (χ4v) is 1.93. The number of sulfonamides is 1. The Morgan fingerprint density at radius 3 is 2.60 bits per heavy atom. The second-order valence-electron chi connectivity index (χ2n) is 3.78. The molecule has 0 radical (unpaired) electrons. The van der Waals surface area contributed by atoms with Crippen LogP contribution in [-0.2, 0) is 14.8 Å². The van der Waals surface area contributed by atoms with Gasteiger partial charge in [-0.25, -0.2) is 13.6 Å². The molecule has 0 aromatic heterocycles. The van der Waals surface area contributed by atoms with Crippen LogP contribution in [0.25, 0.3) is 0 Å². The first-order valence-corrected chi connectivity index (χ1v) is 7.24. The van der Waals surface area contributed by atoms with E-state index in [1.54, 1.807) is 18.2 Å². The van der Waals surface area contributed by atoms with Crippen LogP contribution in [0.15, 0.2) is 47.4 Å². The second-order valence-corrected chi connectivity index (χ2v) is 5.34. The molecule has 108 valence electrons. The summed E-state index contributed by atoms with van der Waals surface area (Å²) in [5.74, 6) is -0.0712. The van der Waals surface area contributed by atoms with Gasteiger partial charge in [0.25, 0.3) is 0 Å². The van der Waals surface area contributed by atoms with Gasteiger partial charge in [0.2, 0.25) is 15.9 Å². The summed E-state index contributed by atoms with van der Waals surface area (Å²) in [4.78, 5) is 11.5. The van der Waals surface area contributed by atoms with Gasteiger partial charge in [-0.1, -0.05) is 18.2 Å². The first-order valence-electron chi connectivity index (χ1n) is 5.69. The average Bonchev–Trinajstić information content (AvgIpc) is 2.38. The first kappa shape index (κ1) is 15.9. The number of anilines is 1. The predicted molar refractivity (Wildman–Crippen MR) is 77.0 cm³/mol. The van der Waals surface area contributed by atoms with Gasteiger partial charge in [0.1, 0.15) is 5.75 Å². The van der Waals surface area contributed by atoms with Crippen LogP contribution in [0.4, 0.5) is 5.69 Å². The number of hydrogen-bond donors (Lipinski definition) is 2. The molecule has 3 N–H and O–H groups in total. The summed E-state index contributed by atoms with van der Waals surface area (Å²) in [5, 5.41) is 7.57. The monoisotopic (exact) mass is 296 g/mol. The maximum atomic E-state index is 11.6. The van der Waals surface area contributed by atoms with Crippen molar-refractivity contribution in [2.24, 2.45) is 5.14 Å². The Bertz CT molecular complexity index is 648. The molecule has 0 aliphatic rings. The van der Waals surface area contributed by atoms with Crippen molar-refractivity contribution < 1.29 is 17.9 Å². The molecule has 0 saturated carbocycles. The van der Waals surface area contributed by atoms with Gasteiger partial charge in [-0.15, -0.1) is 0 Å². The normalized spacial score (nSPS) is 11.9. The zero-order valence-corrected chi connectivity index (χ0v) is 12.0. The lowest BCUT2D eigenvalue weighted by atomic mass is 10.3. The maximum Gasteiger partial charge on any atom is 0.248 e. The van der Waals surface area contributed by atoms with Gasteiger partial charge < -0.3 is 10.1 Å². The molecule has 0 spiro atoms. The highest BCUT2D eigenvalue weighted by Gasteiger charge is 2.13. The Morgan fingerprint density at radius 1 is 1.35 bits per heavy atom. The lowest BCUT2D eigenvalue weighted by Crippen LogP contribution is -2.14. The Hall–Kier alpha value is -2.12. The van der Waals surface area contributed by atoms with Gasteiger partial charge in [0.05, 0.1) is 17.7 Å². The van der Waals surface area contributed by atoms with E-state index < -0.39 is 15.9 Å². The highest BCUT2D eigenvalue weighted by molar-refractivity contribution is 7.89. The highest BCUT2D eigenvalue weighted by atomic mass is 32.2. The van der Waals surface area contributed by atoms with Crippen molar-refractivity contribution >= 4 is 21.6 Å². The zero-order chi connectivity index (χ0) is 15.2. The summed E-state index contributed by atoms with van der Waals surface area (Å²) in [7, 11) is -2.43.